The maximum Gasteiger partial charge on any atom is 0.339 e. The predicted octanol–water partition coefficient (Wildman–Crippen LogP) is -1.46. The molecule has 2 unspecified atom stereocenters. The van der Waals surface area contributed by atoms with Gasteiger partial charge in [0, 0.05) is 0 Å². The molecule has 0 radical (unpaired) electrons. The van der Waals surface area contributed by atoms with Gasteiger partial charge in [-0.25, -0.2) is 9.59 Å². The summed E-state index contributed by atoms with van der Waals surface area (Å²) in [6.07, 6.45) is -0.496. The second kappa shape index (κ2) is 17.1. The zero-order valence-corrected chi connectivity index (χ0v) is 26.7. The summed E-state index contributed by atoms with van der Waals surface area (Å²) < 4.78 is 13.3. The van der Waals surface area contributed by atoms with Crippen molar-refractivity contribution in [2.75, 3.05) is 52.4 Å². The molecule has 0 heterocycles. The summed E-state index contributed by atoms with van der Waals surface area (Å²) in [7, 11) is 0. The number of hydrogen-bond acceptors (Lipinski definition) is 4. The highest BCUT2D eigenvalue weighted by Crippen LogP contribution is 2.17. The number of halogens is 2. The number of carbonyl (C=O) groups excluding carboxylic acids is 2. The molecular weight excluding hydrogens is 658 g/mol. The van der Waals surface area contributed by atoms with Crippen molar-refractivity contribution < 1.29 is 76.0 Å². The van der Waals surface area contributed by atoms with Crippen molar-refractivity contribution in [3.05, 3.63) is 35.4 Å². The van der Waals surface area contributed by atoms with Crippen LogP contribution in [0.25, 0.3) is 0 Å². The first-order valence-corrected chi connectivity index (χ1v) is 12.4. The zero-order chi connectivity index (χ0) is 24.4. The molecule has 6 nitrogen and oxygen atoms in total. The van der Waals surface area contributed by atoms with E-state index >= 15 is 0 Å². The van der Waals surface area contributed by atoms with Crippen molar-refractivity contribution in [2.45, 2.75) is 67.6 Å². The molecule has 0 saturated carbocycles. The molecule has 0 spiro atoms. The van der Waals surface area contributed by atoms with Crippen LogP contribution >= 0.6 is 0 Å². The molecular formula is C26H46I2N2O4. The van der Waals surface area contributed by atoms with E-state index < -0.39 is 11.9 Å². The molecule has 0 bridgehead atoms. The van der Waals surface area contributed by atoms with Crippen LogP contribution in [0, 0.1) is 0 Å². The van der Waals surface area contributed by atoms with Gasteiger partial charge in [0.05, 0.1) is 50.4 Å². The number of benzene rings is 1. The number of quaternary nitrogens is 2. The Balaban J connectivity index is 0. The molecule has 0 saturated heterocycles. The maximum absolute atomic E-state index is 12.9. The van der Waals surface area contributed by atoms with E-state index in [2.05, 4.69) is 41.5 Å². The number of carbonyl (C=O) groups is 2. The fourth-order valence-corrected chi connectivity index (χ4v) is 4.61. The predicted molar refractivity (Wildman–Crippen MR) is 130 cm³/mol. The minimum Gasteiger partial charge on any atom is -1.00 e. The van der Waals surface area contributed by atoms with Crippen molar-refractivity contribution >= 4 is 11.9 Å². The molecule has 1 rings (SSSR count). The second-order valence-corrected chi connectivity index (χ2v) is 8.92. The van der Waals surface area contributed by atoms with Crippen LogP contribution in [0.3, 0.4) is 0 Å². The Kier molecular flexibility index (Phi) is 17.9. The third-order valence-corrected chi connectivity index (χ3v) is 7.30. The minimum absolute atomic E-state index is 0. The fourth-order valence-electron chi connectivity index (χ4n) is 4.61. The standard InChI is InChI=1S/C26H46N2O4.2HI/c1-9-27(10-2,11-3)19-21(7)31-25(29)23-17-15-16-18-24(23)26(30)32-22(8)20-28(12-4,13-5)14-6;;/h15-18,21-22H,9-14,19-20H2,1-8H3;2*1H/q+2;;/p-2. The highest BCUT2D eigenvalue weighted by atomic mass is 127. The monoisotopic (exact) mass is 704 g/mol. The third-order valence-electron chi connectivity index (χ3n) is 7.30. The lowest BCUT2D eigenvalue weighted by molar-refractivity contribution is -0.925. The first-order chi connectivity index (χ1) is 15.1. The van der Waals surface area contributed by atoms with E-state index in [0.29, 0.717) is 0 Å². The molecule has 1 aromatic carbocycles. The van der Waals surface area contributed by atoms with Crippen LogP contribution in [0.2, 0.25) is 0 Å². The lowest BCUT2D eigenvalue weighted by atomic mass is 10.1. The van der Waals surface area contributed by atoms with Gasteiger partial charge in [-0.05, 0) is 67.5 Å². The van der Waals surface area contributed by atoms with Crippen molar-refractivity contribution in [2.24, 2.45) is 0 Å². The molecule has 0 aliphatic carbocycles. The van der Waals surface area contributed by atoms with Gasteiger partial charge < -0.3 is 66.4 Å². The zero-order valence-electron chi connectivity index (χ0n) is 22.4. The molecule has 0 aliphatic heterocycles. The Bertz CT molecular complexity index is 660. The normalized spacial score (nSPS) is 13.2. The van der Waals surface area contributed by atoms with Crippen LogP contribution < -0.4 is 48.0 Å². The van der Waals surface area contributed by atoms with Gasteiger partial charge in [0.2, 0.25) is 0 Å². The first kappa shape index (κ1) is 35.7. The van der Waals surface area contributed by atoms with Gasteiger partial charge in [-0.3, -0.25) is 0 Å². The summed E-state index contributed by atoms with van der Waals surface area (Å²) in [5.41, 5.74) is 0.530. The van der Waals surface area contributed by atoms with Crippen molar-refractivity contribution in [3.8, 4) is 0 Å². The Morgan fingerprint density at radius 1 is 0.647 bits per heavy atom. The Morgan fingerprint density at radius 2 is 0.912 bits per heavy atom. The molecule has 198 valence electrons. The number of ether oxygens (including phenoxy) is 2. The second-order valence-electron chi connectivity index (χ2n) is 8.92. The molecule has 0 amide bonds. The van der Waals surface area contributed by atoms with E-state index in [4.69, 9.17) is 9.47 Å². The largest absolute Gasteiger partial charge is 1.00 e. The van der Waals surface area contributed by atoms with Crippen molar-refractivity contribution in [1.29, 1.82) is 0 Å². The Labute approximate surface area is 242 Å². The topological polar surface area (TPSA) is 52.6 Å². The molecule has 0 fully saturated rings. The van der Waals surface area contributed by atoms with Crippen LogP contribution in [0.1, 0.15) is 76.1 Å². The number of nitrogens with zero attached hydrogens (tertiary/aromatic N) is 2. The van der Waals surface area contributed by atoms with Gasteiger partial charge in [-0.15, -0.1) is 0 Å². The number of likely N-dealkylation sites (N-methyl/N-ethyl adjacent to an activating group) is 2. The Hall–Kier alpha value is -0.460. The third kappa shape index (κ3) is 9.89. The molecule has 8 heteroatoms. The van der Waals surface area contributed by atoms with E-state index in [-0.39, 0.29) is 71.3 Å². The smallest absolute Gasteiger partial charge is 0.339 e. The molecule has 0 N–H and O–H groups in total. The summed E-state index contributed by atoms with van der Waals surface area (Å²) in [6, 6.07) is 6.78. The van der Waals surface area contributed by atoms with Gasteiger partial charge in [-0.1, -0.05) is 12.1 Å². The van der Waals surface area contributed by atoms with Gasteiger partial charge in [-0.2, -0.15) is 0 Å². The van der Waals surface area contributed by atoms with Gasteiger partial charge in [0.1, 0.15) is 25.3 Å². The summed E-state index contributed by atoms with van der Waals surface area (Å²) in [6.45, 7) is 24.3. The molecule has 1 aromatic rings. The molecule has 2 atom stereocenters. The average Bonchev–Trinajstić information content (AvgIpc) is 2.81. The SMILES string of the molecule is CC[N+](CC)(CC)CC(C)OC(=O)c1ccccc1C(=O)OC(C)C[N+](CC)(CC)CC.[I-].[I-]. The number of esters is 2. The van der Waals surface area contributed by atoms with Gasteiger partial charge in [0.25, 0.3) is 0 Å². The van der Waals surface area contributed by atoms with Crippen LogP contribution in [-0.2, 0) is 9.47 Å². The quantitative estimate of drug-likeness (QED) is 0.135. The van der Waals surface area contributed by atoms with E-state index in [1.807, 2.05) is 13.8 Å². The molecule has 0 aliphatic rings. The number of hydrogen-bond donors (Lipinski definition) is 0. The van der Waals surface area contributed by atoms with Crippen LogP contribution in [0.5, 0.6) is 0 Å². The van der Waals surface area contributed by atoms with Gasteiger partial charge in [0.15, 0.2) is 0 Å². The summed E-state index contributed by atoms with van der Waals surface area (Å²) in [4.78, 5) is 25.9. The molecule has 34 heavy (non-hydrogen) atoms. The maximum atomic E-state index is 12.9. The van der Waals surface area contributed by atoms with E-state index in [1.165, 1.54) is 0 Å². The average molecular weight is 704 g/mol. The minimum atomic E-state index is -0.472. The van der Waals surface area contributed by atoms with E-state index in [9.17, 15) is 9.59 Å². The van der Waals surface area contributed by atoms with Crippen LogP contribution in [0.4, 0.5) is 0 Å². The number of rotatable bonds is 14. The fraction of sp³-hybridized carbons (Fsp3) is 0.692. The first-order valence-electron chi connectivity index (χ1n) is 12.4. The van der Waals surface area contributed by atoms with Gasteiger partial charge >= 0.3 is 11.9 Å². The Morgan fingerprint density at radius 3 is 1.15 bits per heavy atom. The van der Waals surface area contributed by atoms with Crippen molar-refractivity contribution in [3.63, 3.8) is 0 Å². The van der Waals surface area contributed by atoms with Crippen molar-refractivity contribution in [1.82, 2.24) is 0 Å². The summed E-state index contributed by atoms with van der Waals surface area (Å²) >= 11 is 0. The highest BCUT2D eigenvalue weighted by Gasteiger charge is 2.29. The van der Waals surface area contributed by atoms with Crippen LogP contribution in [-0.4, -0.2) is 85.5 Å². The van der Waals surface area contributed by atoms with Crippen LogP contribution in [0.15, 0.2) is 24.3 Å². The van der Waals surface area contributed by atoms with E-state index in [1.54, 1.807) is 24.3 Å². The highest BCUT2D eigenvalue weighted by molar-refractivity contribution is 6.03. The summed E-state index contributed by atoms with van der Waals surface area (Å²) in [5.74, 6) is -0.945. The summed E-state index contributed by atoms with van der Waals surface area (Å²) in [5, 5.41) is 0. The lowest BCUT2D eigenvalue weighted by Gasteiger charge is -2.37. The van der Waals surface area contributed by atoms with E-state index in [0.717, 1.165) is 61.3 Å². The lowest BCUT2D eigenvalue weighted by Crippen LogP contribution is -3.00. The molecule has 0 aromatic heterocycles.